The minimum atomic E-state index is -0.683. The molecule has 2 amide bonds. The Kier molecular flexibility index (Phi) is 9.66. The van der Waals surface area contributed by atoms with Crippen LogP contribution in [0.5, 0.6) is 11.5 Å². The van der Waals surface area contributed by atoms with Gasteiger partial charge in [-0.05, 0) is 25.0 Å². The van der Waals surface area contributed by atoms with E-state index >= 15 is 0 Å². The third kappa shape index (κ3) is 7.41. The van der Waals surface area contributed by atoms with Gasteiger partial charge in [0.1, 0.15) is 11.5 Å². The summed E-state index contributed by atoms with van der Waals surface area (Å²) in [6.07, 6.45) is 12.9. The summed E-state index contributed by atoms with van der Waals surface area (Å²) >= 11 is 0. The van der Waals surface area contributed by atoms with Gasteiger partial charge in [0.05, 0.1) is 19.9 Å². The molecule has 0 atom stereocenters. The quantitative estimate of drug-likeness (QED) is 0.746. The highest BCUT2D eigenvalue weighted by molar-refractivity contribution is 6.39. The Morgan fingerprint density at radius 2 is 1.39 bits per heavy atom. The Balaban J connectivity index is 1.93. The lowest BCUT2D eigenvalue weighted by Crippen LogP contribution is -2.42. The molecule has 28 heavy (non-hydrogen) atoms. The van der Waals surface area contributed by atoms with E-state index in [1.165, 1.54) is 52.1 Å². The van der Waals surface area contributed by atoms with E-state index in [0.717, 1.165) is 25.7 Å². The molecule has 0 bridgehead atoms. The van der Waals surface area contributed by atoms with Gasteiger partial charge < -0.3 is 20.1 Å². The van der Waals surface area contributed by atoms with Crippen LogP contribution in [0.1, 0.15) is 70.6 Å². The Bertz CT molecular complexity index is 621. The van der Waals surface area contributed by atoms with Crippen molar-refractivity contribution < 1.29 is 19.1 Å². The number of carbonyl (C=O) groups is 2. The Morgan fingerprint density at radius 3 is 1.93 bits per heavy atom. The largest absolute Gasteiger partial charge is 0.497 e. The number of amides is 2. The summed E-state index contributed by atoms with van der Waals surface area (Å²) in [5.41, 5.74) is 0.417. The predicted molar refractivity (Wildman–Crippen MR) is 111 cm³/mol. The van der Waals surface area contributed by atoms with Crippen LogP contribution >= 0.6 is 0 Å². The van der Waals surface area contributed by atoms with E-state index < -0.39 is 11.8 Å². The highest BCUT2D eigenvalue weighted by atomic mass is 16.5. The van der Waals surface area contributed by atoms with Crippen molar-refractivity contribution in [2.45, 2.75) is 76.7 Å². The van der Waals surface area contributed by atoms with Crippen molar-refractivity contribution in [2.75, 3.05) is 19.5 Å². The van der Waals surface area contributed by atoms with Crippen molar-refractivity contribution in [3.8, 4) is 11.5 Å². The van der Waals surface area contributed by atoms with E-state index in [9.17, 15) is 9.59 Å². The van der Waals surface area contributed by atoms with E-state index in [1.54, 1.807) is 25.3 Å². The Hall–Kier alpha value is -2.24. The molecule has 0 aromatic heterocycles. The van der Waals surface area contributed by atoms with Crippen LogP contribution in [0.3, 0.4) is 0 Å². The van der Waals surface area contributed by atoms with Gasteiger partial charge in [-0.1, -0.05) is 57.8 Å². The zero-order valence-electron chi connectivity index (χ0n) is 17.2. The molecule has 156 valence electrons. The fourth-order valence-corrected chi connectivity index (χ4v) is 3.65. The van der Waals surface area contributed by atoms with E-state index in [2.05, 4.69) is 10.6 Å². The van der Waals surface area contributed by atoms with E-state index in [0.29, 0.717) is 17.2 Å². The second kappa shape index (κ2) is 12.3. The third-order valence-corrected chi connectivity index (χ3v) is 5.30. The van der Waals surface area contributed by atoms with Crippen molar-refractivity contribution in [2.24, 2.45) is 0 Å². The lowest BCUT2D eigenvalue weighted by atomic mass is 9.98. The van der Waals surface area contributed by atoms with Crippen LogP contribution in [-0.2, 0) is 9.59 Å². The summed E-state index contributed by atoms with van der Waals surface area (Å²) in [4.78, 5) is 24.9. The number of ether oxygens (including phenoxy) is 2. The first-order valence-electron chi connectivity index (χ1n) is 10.5. The van der Waals surface area contributed by atoms with Crippen LogP contribution in [-0.4, -0.2) is 32.1 Å². The SMILES string of the molecule is COc1ccc(OC)c(NC(=O)C(=O)NC2CCCCCCCCCCC2)c1. The third-order valence-electron chi connectivity index (χ3n) is 5.30. The molecule has 0 heterocycles. The average molecular weight is 391 g/mol. The predicted octanol–water partition coefficient (Wildman–Crippen LogP) is 4.43. The maximum absolute atomic E-state index is 12.4. The second-order valence-electron chi connectivity index (χ2n) is 7.45. The lowest BCUT2D eigenvalue weighted by molar-refractivity contribution is -0.136. The fraction of sp³-hybridized carbons (Fsp3) is 0.636. The minimum absolute atomic E-state index is 0.0601. The van der Waals surface area contributed by atoms with Crippen molar-refractivity contribution >= 4 is 17.5 Å². The van der Waals surface area contributed by atoms with E-state index in [4.69, 9.17) is 9.47 Å². The smallest absolute Gasteiger partial charge is 0.313 e. The van der Waals surface area contributed by atoms with Crippen LogP contribution in [0.4, 0.5) is 5.69 Å². The highest BCUT2D eigenvalue weighted by Gasteiger charge is 2.20. The summed E-state index contributed by atoms with van der Waals surface area (Å²) in [6, 6.07) is 5.13. The summed E-state index contributed by atoms with van der Waals surface area (Å²) in [6.45, 7) is 0. The number of methoxy groups -OCH3 is 2. The van der Waals surface area contributed by atoms with Crippen LogP contribution < -0.4 is 20.1 Å². The van der Waals surface area contributed by atoms with Crippen molar-refractivity contribution in [1.29, 1.82) is 0 Å². The zero-order valence-corrected chi connectivity index (χ0v) is 17.2. The summed E-state index contributed by atoms with van der Waals surface area (Å²) in [5.74, 6) is -0.219. The number of rotatable bonds is 4. The molecule has 0 unspecified atom stereocenters. The molecule has 0 spiro atoms. The Labute approximate surface area is 168 Å². The minimum Gasteiger partial charge on any atom is -0.497 e. The molecule has 2 rings (SSSR count). The monoisotopic (exact) mass is 390 g/mol. The molecular weight excluding hydrogens is 356 g/mol. The van der Waals surface area contributed by atoms with E-state index in [1.807, 2.05) is 0 Å². The molecule has 0 radical (unpaired) electrons. The lowest BCUT2D eigenvalue weighted by Gasteiger charge is -2.19. The molecule has 6 heteroatoms. The molecule has 0 saturated heterocycles. The van der Waals surface area contributed by atoms with Crippen molar-refractivity contribution in [3.63, 3.8) is 0 Å². The number of benzene rings is 1. The first-order valence-corrected chi connectivity index (χ1v) is 10.5. The van der Waals surface area contributed by atoms with Crippen LogP contribution in [0.2, 0.25) is 0 Å². The molecule has 1 aliphatic rings. The zero-order chi connectivity index (χ0) is 20.2. The highest BCUT2D eigenvalue weighted by Crippen LogP contribution is 2.28. The van der Waals surface area contributed by atoms with Crippen LogP contribution in [0, 0.1) is 0 Å². The number of carbonyl (C=O) groups excluding carboxylic acids is 2. The molecule has 1 aromatic rings. The van der Waals surface area contributed by atoms with Crippen LogP contribution in [0.25, 0.3) is 0 Å². The first-order chi connectivity index (χ1) is 13.6. The number of hydrogen-bond acceptors (Lipinski definition) is 4. The summed E-state index contributed by atoms with van der Waals surface area (Å²) < 4.78 is 10.4. The average Bonchev–Trinajstić information content (AvgIpc) is 2.69. The standard InChI is InChI=1S/C22H34N2O4/c1-27-18-14-15-20(28-2)19(16-18)24-22(26)21(25)23-17-12-10-8-6-4-3-5-7-9-11-13-17/h14-17H,3-13H2,1-2H3,(H,23,25)(H,24,26). The van der Waals surface area contributed by atoms with Gasteiger partial charge in [0.2, 0.25) is 0 Å². The van der Waals surface area contributed by atoms with Gasteiger partial charge in [-0.2, -0.15) is 0 Å². The normalized spacial score (nSPS) is 16.9. The first kappa shape index (κ1) is 22.1. The van der Waals surface area contributed by atoms with E-state index in [-0.39, 0.29) is 6.04 Å². The molecule has 2 N–H and O–H groups in total. The van der Waals surface area contributed by atoms with Gasteiger partial charge in [0.25, 0.3) is 0 Å². The molecule has 1 aliphatic carbocycles. The number of anilines is 1. The van der Waals surface area contributed by atoms with Crippen molar-refractivity contribution in [1.82, 2.24) is 5.32 Å². The van der Waals surface area contributed by atoms with Gasteiger partial charge >= 0.3 is 11.8 Å². The van der Waals surface area contributed by atoms with Gasteiger partial charge in [0.15, 0.2) is 0 Å². The molecule has 1 aromatic carbocycles. The van der Waals surface area contributed by atoms with Gasteiger partial charge in [-0.25, -0.2) is 0 Å². The molecule has 1 fully saturated rings. The van der Waals surface area contributed by atoms with Gasteiger partial charge in [0, 0.05) is 12.1 Å². The molecule has 6 nitrogen and oxygen atoms in total. The molecule has 0 aliphatic heterocycles. The number of nitrogens with one attached hydrogen (secondary N) is 2. The van der Waals surface area contributed by atoms with Crippen LogP contribution in [0.15, 0.2) is 18.2 Å². The molecular formula is C22H34N2O4. The maximum Gasteiger partial charge on any atom is 0.313 e. The summed E-state index contributed by atoms with van der Waals surface area (Å²) in [5, 5.41) is 5.57. The topological polar surface area (TPSA) is 76.7 Å². The molecule has 1 saturated carbocycles. The number of hydrogen-bond donors (Lipinski definition) is 2. The van der Waals surface area contributed by atoms with Gasteiger partial charge in [-0.3, -0.25) is 9.59 Å². The Morgan fingerprint density at radius 1 is 0.821 bits per heavy atom. The van der Waals surface area contributed by atoms with Crippen molar-refractivity contribution in [3.05, 3.63) is 18.2 Å². The van der Waals surface area contributed by atoms with Gasteiger partial charge in [-0.15, -0.1) is 0 Å². The maximum atomic E-state index is 12.4. The second-order valence-corrected chi connectivity index (χ2v) is 7.45. The summed E-state index contributed by atoms with van der Waals surface area (Å²) in [7, 11) is 3.06. The fourth-order valence-electron chi connectivity index (χ4n) is 3.65.